The third kappa shape index (κ3) is 2.79. The van der Waals surface area contributed by atoms with Gasteiger partial charge in [0.2, 0.25) is 0 Å². The first-order chi connectivity index (χ1) is 9.66. The highest BCUT2D eigenvalue weighted by Crippen LogP contribution is 2.31. The van der Waals surface area contributed by atoms with Crippen molar-refractivity contribution >= 4 is 33.2 Å². The molecule has 1 fully saturated rings. The molecule has 104 valence electrons. The third-order valence-corrected chi connectivity index (χ3v) is 4.71. The van der Waals surface area contributed by atoms with Crippen molar-refractivity contribution in [2.75, 3.05) is 0 Å². The lowest BCUT2D eigenvalue weighted by Gasteiger charge is -2.22. The molecule has 1 aliphatic rings. The van der Waals surface area contributed by atoms with Crippen molar-refractivity contribution < 1.29 is 9.18 Å². The zero-order chi connectivity index (χ0) is 14.1. The van der Waals surface area contributed by atoms with Gasteiger partial charge in [-0.25, -0.2) is 4.39 Å². The molecule has 0 radical (unpaired) electrons. The molecule has 0 aliphatic heterocycles. The Bertz CT molecular complexity index is 625. The Morgan fingerprint density at radius 3 is 2.85 bits per heavy atom. The Labute approximate surface area is 129 Å². The van der Waals surface area contributed by atoms with Gasteiger partial charge < -0.3 is 4.90 Å². The van der Waals surface area contributed by atoms with Gasteiger partial charge in [0, 0.05) is 12.6 Å². The summed E-state index contributed by atoms with van der Waals surface area (Å²) in [5.74, 6) is -0.703. The van der Waals surface area contributed by atoms with Gasteiger partial charge in [0.15, 0.2) is 0 Å². The zero-order valence-electron chi connectivity index (χ0n) is 10.7. The van der Waals surface area contributed by atoms with E-state index in [4.69, 9.17) is 0 Å². The number of hydrogen-bond acceptors (Lipinski definition) is 2. The van der Waals surface area contributed by atoms with Crippen molar-refractivity contribution in [2.45, 2.75) is 25.4 Å². The maximum Gasteiger partial charge on any atom is 0.257 e. The predicted octanol–water partition coefficient (Wildman–Crippen LogP) is 4.45. The van der Waals surface area contributed by atoms with Crippen molar-refractivity contribution in [3.05, 3.63) is 56.4 Å². The second-order valence-corrected chi connectivity index (χ2v) is 6.53. The smallest absolute Gasteiger partial charge is 0.257 e. The SMILES string of the molecule is O=C(c1cccc(Br)c1F)N(Cc1ccsc1)C1CC1. The predicted molar refractivity (Wildman–Crippen MR) is 81.3 cm³/mol. The van der Waals surface area contributed by atoms with E-state index < -0.39 is 5.82 Å². The van der Waals surface area contributed by atoms with Crippen molar-refractivity contribution in [1.29, 1.82) is 0 Å². The molecule has 1 aliphatic carbocycles. The molecule has 0 atom stereocenters. The van der Waals surface area contributed by atoms with E-state index in [-0.39, 0.29) is 17.5 Å². The molecule has 0 unspecified atom stereocenters. The van der Waals surface area contributed by atoms with E-state index >= 15 is 0 Å². The Morgan fingerprint density at radius 1 is 1.40 bits per heavy atom. The fourth-order valence-electron chi connectivity index (χ4n) is 2.16. The Hall–Kier alpha value is -1.20. The second-order valence-electron chi connectivity index (χ2n) is 4.90. The van der Waals surface area contributed by atoms with E-state index in [1.54, 1.807) is 34.4 Å². The van der Waals surface area contributed by atoms with E-state index in [1.807, 2.05) is 16.8 Å². The number of amides is 1. The Kier molecular flexibility index (Phi) is 3.89. The van der Waals surface area contributed by atoms with E-state index in [2.05, 4.69) is 15.9 Å². The molecule has 1 saturated carbocycles. The molecule has 3 rings (SSSR count). The topological polar surface area (TPSA) is 20.3 Å². The molecular weight excluding hydrogens is 341 g/mol. The van der Waals surface area contributed by atoms with Crippen molar-refractivity contribution in [3.63, 3.8) is 0 Å². The molecule has 5 heteroatoms. The van der Waals surface area contributed by atoms with Gasteiger partial charge in [0.05, 0.1) is 10.0 Å². The molecular formula is C15H13BrFNOS. The summed E-state index contributed by atoms with van der Waals surface area (Å²) in [5, 5.41) is 4.02. The molecule has 0 N–H and O–H groups in total. The lowest BCUT2D eigenvalue weighted by molar-refractivity contribution is 0.0725. The molecule has 1 aromatic carbocycles. The number of carbonyl (C=O) groups is 1. The lowest BCUT2D eigenvalue weighted by Crippen LogP contribution is -2.33. The van der Waals surface area contributed by atoms with Gasteiger partial charge in [-0.2, -0.15) is 11.3 Å². The minimum atomic E-state index is -0.478. The van der Waals surface area contributed by atoms with Gasteiger partial charge in [-0.05, 0) is 63.3 Å². The van der Waals surface area contributed by atoms with Crippen LogP contribution in [0.15, 0.2) is 39.5 Å². The molecule has 2 nitrogen and oxygen atoms in total. The van der Waals surface area contributed by atoms with Crippen LogP contribution in [0.4, 0.5) is 4.39 Å². The Balaban J connectivity index is 1.87. The number of carbonyl (C=O) groups excluding carboxylic acids is 1. The number of benzene rings is 1. The fourth-order valence-corrected chi connectivity index (χ4v) is 3.18. The minimum Gasteiger partial charge on any atom is -0.331 e. The van der Waals surface area contributed by atoms with Crippen LogP contribution < -0.4 is 0 Å². The summed E-state index contributed by atoms with van der Waals surface area (Å²) in [4.78, 5) is 14.4. The summed E-state index contributed by atoms with van der Waals surface area (Å²) in [5.41, 5.74) is 1.24. The molecule has 2 aromatic rings. The van der Waals surface area contributed by atoms with E-state index in [9.17, 15) is 9.18 Å². The van der Waals surface area contributed by atoms with Crippen LogP contribution in [0.3, 0.4) is 0 Å². The van der Waals surface area contributed by atoms with Gasteiger partial charge in [0.1, 0.15) is 5.82 Å². The van der Waals surface area contributed by atoms with Crippen LogP contribution in [-0.4, -0.2) is 16.8 Å². The number of halogens is 2. The van der Waals surface area contributed by atoms with Crippen LogP contribution in [-0.2, 0) is 6.54 Å². The normalized spacial score (nSPS) is 14.3. The second kappa shape index (κ2) is 5.66. The summed E-state index contributed by atoms with van der Waals surface area (Å²) in [6.45, 7) is 0.555. The lowest BCUT2D eigenvalue weighted by atomic mass is 10.1. The van der Waals surface area contributed by atoms with Crippen LogP contribution in [0.2, 0.25) is 0 Å². The van der Waals surface area contributed by atoms with Crippen molar-refractivity contribution in [3.8, 4) is 0 Å². The maximum absolute atomic E-state index is 14.1. The maximum atomic E-state index is 14.1. The average Bonchev–Trinajstić information content (AvgIpc) is 3.15. The van der Waals surface area contributed by atoms with Crippen molar-refractivity contribution in [2.24, 2.45) is 0 Å². The summed E-state index contributed by atoms with van der Waals surface area (Å²) in [6.07, 6.45) is 2.01. The highest BCUT2D eigenvalue weighted by atomic mass is 79.9. The van der Waals surface area contributed by atoms with Gasteiger partial charge >= 0.3 is 0 Å². The fraction of sp³-hybridized carbons (Fsp3) is 0.267. The largest absolute Gasteiger partial charge is 0.331 e. The summed E-state index contributed by atoms with van der Waals surface area (Å²) >= 11 is 4.74. The summed E-state index contributed by atoms with van der Waals surface area (Å²) in [7, 11) is 0. The molecule has 1 aromatic heterocycles. The van der Waals surface area contributed by atoms with Crippen molar-refractivity contribution in [1.82, 2.24) is 4.90 Å². The molecule has 0 spiro atoms. The Morgan fingerprint density at radius 2 is 2.20 bits per heavy atom. The quantitative estimate of drug-likeness (QED) is 0.794. The number of thiophene rings is 1. The van der Waals surface area contributed by atoms with Gasteiger partial charge in [-0.3, -0.25) is 4.79 Å². The zero-order valence-corrected chi connectivity index (χ0v) is 13.1. The summed E-state index contributed by atoms with van der Waals surface area (Å²) < 4.78 is 14.4. The molecule has 20 heavy (non-hydrogen) atoms. The number of rotatable bonds is 4. The van der Waals surface area contributed by atoms with E-state index in [0.717, 1.165) is 18.4 Å². The van der Waals surface area contributed by atoms with Crippen LogP contribution in [0.1, 0.15) is 28.8 Å². The first kappa shape index (κ1) is 13.8. The molecule has 0 saturated heterocycles. The van der Waals surface area contributed by atoms with Gasteiger partial charge in [-0.15, -0.1) is 0 Å². The van der Waals surface area contributed by atoms with Crippen LogP contribution >= 0.6 is 27.3 Å². The molecule has 1 heterocycles. The third-order valence-electron chi connectivity index (χ3n) is 3.36. The first-order valence-corrected chi connectivity index (χ1v) is 8.16. The van der Waals surface area contributed by atoms with Crippen LogP contribution in [0.5, 0.6) is 0 Å². The number of nitrogens with zero attached hydrogens (tertiary/aromatic N) is 1. The highest BCUT2D eigenvalue weighted by molar-refractivity contribution is 9.10. The number of hydrogen-bond donors (Lipinski definition) is 0. The standard InChI is InChI=1S/C15H13BrFNOS/c16-13-3-1-2-12(14(13)17)15(19)18(11-4-5-11)8-10-6-7-20-9-10/h1-3,6-7,9,11H,4-5,8H2. The first-order valence-electron chi connectivity index (χ1n) is 6.43. The highest BCUT2D eigenvalue weighted by Gasteiger charge is 2.34. The summed E-state index contributed by atoms with van der Waals surface area (Å²) in [6, 6.07) is 7.10. The van der Waals surface area contributed by atoms with Crippen LogP contribution in [0.25, 0.3) is 0 Å². The van der Waals surface area contributed by atoms with Gasteiger partial charge in [-0.1, -0.05) is 6.07 Å². The molecule has 0 bridgehead atoms. The van der Waals surface area contributed by atoms with E-state index in [0.29, 0.717) is 11.0 Å². The van der Waals surface area contributed by atoms with Crippen LogP contribution in [0, 0.1) is 5.82 Å². The van der Waals surface area contributed by atoms with E-state index in [1.165, 1.54) is 0 Å². The average molecular weight is 354 g/mol. The monoisotopic (exact) mass is 353 g/mol. The van der Waals surface area contributed by atoms with Gasteiger partial charge in [0.25, 0.3) is 5.91 Å². The minimum absolute atomic E-state index is 0.140. The molecule has 1 amide bonds.